The number of likely N-dealkylation sites (tertiary alicyclic amines) is 1. The SMILES string of the molecule is C/C=C(Cl)\C=c1\[nH]c(C(=O)N2CCC(CC(O)(CC)CC)CC2)cc1=C(C)CC. The molecule has 1 aliphatic rings. The number of allylic oxidation sites excluding steroid dienone is 2. The molecule has 1 fully saturated rings. The van der Waals surface area contributed by atoms with Crippen LogP contribution in [0.1, 0.15) is 83.6 Å². The lowest BCUT2D eigenvalue weighted by Gasteiger charge is -2.36. The largest absolute Gasteiger partial charge is 0.390 e. The average Bonchev–Trinajstić information content (AvgIpc) is 3.16. The first-order valence-corrected chi connectivity index (χ1v) is 11.4. The highest BCUT2D eigenvalue weighted by molar-refractivity contribution is 6.33. The van der Waals surface area contributed by atoms with Crippen LogP contribution in [0.3, 0.4) is 0 Å². The Kier molecular flexibility index (Phi) is 8.59. The molecule has 0 aliphatic carbocycles. The first-order chi connectivity index (χ1) is 13.8. The lowest BCUT2D eigenvalue weighted by Crippen LogP contribution is -2.41. The van der Waals surface area contributed by atoms with Gasteiger partial charge < -0.3 is 15.0 Å². The highest BCUT2D eigenvalue weighted by Crippen LogP contribution is 2.30. The number of aromatic nitrogens is 1. The van der Waals surface area contributed by atoms with Crippen molar-refractivity contribution in [2.45, 2.75) is 78.7 Å². The molecule has 0 bridgehead atoms. The maximum atomic E-state index is 13.1. The molecule has 5 heteroatoms. The second-order valence-electron chi connectivity index (χ2n) is 8.33. The fourth-order valence-electron chi connectivity index (χ4n) is 4.05. The van der Waals surface area contributed by atoms with Crippen molar-refractivity contribution in [3.63, 3.8) is 0 Å². The summed E-state index contributed by atoms with van der Waals surface area (Å²) in [4.78, 5) is 18.3. The number of carbonyl (C=O) groups is 1. The first kappa shape index (κ1) is 23.8. The maximum Gasteiger partial charge on any atom is 0.270 e. The normalized spacial score (nSPS) is 18.4. The van der Waals surface area contributed by atoms with Crippen LogP contribution in [0.4, 0.5) is 0 Å². The Morgan fingerprint density at radius 3 is 2.45 bits per heavy atom. The third-order valence-corrected chi connectivity index (χ3v) is 6.84. The van der Waals surface area contributed by atoms with Gasteiger partial charge in [0, 0.05) is 23.5 Å². The van der Waals surface area contributed by atoms with Crippen molar-refractivity contribution in [2.24, 2.45) is 5.92 Å². The molecule has 2 rings (SSSR count). The summed E-state index contributed by atoms with van der Waals surface area (Å²) >= 11 is 6.21. The lowest BCUT2D eigenvalue weighted by atomic mass is 9.82. The van der Waals surface area contributed by atoms with E-state index in [0.717, 1.165) is 62.2 Å². The molecule has 1 aliphatic heterocycles. The summed E-state index contributed by atoms with van der Waals surface area (Å²) in [5.74, 6) is 0.530. The molecule has 4 nitrogen and oxygen atoms in total. The van der Waals surface area contributed by atoms with E-state index in [-0.39, 0.29) is 5.91 Å². The predicted octanol–water partition coefficient (Wildman–Crippen LogP) is 4.31. The summed E-state index contributed by atoms with van der Waals surface area (Å²) < 4.78 is 0. The number of piperidine rings is 1. The van der Waals surface area contributed by atoms with Crippen molar-refractivity contribution >= 4 is 29.2 Å². The Morgan fingerprint density at radius 2 is 1.93 bits per heavy atom. The van der Waals surface area contributed by atoms with Gasteiger partial charge in [-0.2, -0.15) is 0 Å². The number of H-pyrrole nitrogens is 1. The van der Waals surface area contributed by atoms with Crippen molar-refractivity contribution in [1.29, 1.82) is 0 Å². The summed E-state index contributed by atoms with van der Waals surface area (Å²) in [6.07, 6.45) is 8.95. The van der Waals surface area contributed by atoms with Gasteiger partial charge in [-0.1, -0.05) is 44.0 Å². The molecule has 1 aromatic heterocycles. The van der Waals surface area contributed by atoms with Gasteiger partial charge in [0.2, 0.25) is 0 Å². The molecule has 0 saturated carbocycles. The van der Waals surface area contributed by atoms with Gasteiger partial charge in [0.05, 0.1) is 5.60 Å². The zero-order valence-corrected chi connectivity index (χ0v) is 19.4. The number of hydrogen-bond acceptors (Lipinski definition) is 2. The highest BCUT2D eigenvalue weighted by Gasteiger charge is 2.31. The zero-order valence-electron chi connectivity index (χ0n) is 18.6. The van der Waals surface area contributed by atoms with Crippen LogP contribution >= 0.6 is 11.6 Å². The van der Waals surface area contributed by atoms with E-state index in [0.29, 0.717) is 16.6 Å². The molecule has 0 radical (unpaired) electrons. The molecule has 2 heterocycles. The van der Waals surface area contributed by atoms with Crippen LogP contribution in [-0.4, -0.2) is 39.6 Å². The summed E-state index contributed by atoms with van der Waals surface area (Å²) in [5, 5.41) is 13.2. The van der Waals surface area contributed by atoms with Crippen LogP contribution in [0, 0.1) is 5.92 Å². The number of rotatable bonds is 7. The third-order valence-electron chi connectivity index (χ3n) is 6.51. The zero-order chi connectivity index (χ0) is 21.6. The monoisotopic (exact) mass is 420 g/mol. The van der Waals surface area contributed by atoms with E-state index >= 15 is 0 Å². The number of aliphatic hydroxyl groups is 1. The van der Waals surface area contributed by atoms with Crippen molar-refractivity contribution < 1.29 is 9.90 Å². The number of aromatic amines is 1. The quantitative estimate of drug-likeness (QED) is 0.690. The van der Waals surface area contributed by atoms with Crippen LogP contribution in [0.15, 0.2) is 17.2 Å². The minimum Gasteiger partial charge on any atom is -0.390 e. The maximum absolute atomic E-state index is 13.1. The van der Waals surface area contributed by atoms with Gasteiger partial charge in [0.1, 0.15) is 5.69 Å². The van der Waals surface area contributed by atoms with E-state index in [1.54, 1.807) is 0 Å². The van der Waals surface area contributed by atoms with Crippen LogP contribution in [0.25, 0.3) is 11.6 Å². The van der Waals surface area contributed by atoms with Gasteiger partial charge in [0.15, 0.2) is 0 Å². The smallest absolute Gasteiger partial charge is 0.270 e. The molecule has 1 saturated heterocycles. The number of nitrogens with zero attached hydrogens (tertiary/aromatic N) is 1. The summed E-state index contributed by atoms with van der Waals surface area (Å²) in [6, 6.07) is 1.96. The summed E-state index contributed by atoms with van der Waals surface area (Å²) in [7, 11) is 0. The van der Waals surface area contributed by atoms with E-state index in [4.69, 9.17) is 11.6 Å². The Morgan fingerprint density at radius 1 is 1.31 bits per heavy atom. The second-order valence-corrected chi connectivity index (χ2v) is 8.77. The summed E-state index contributed by atoms with van der Waals surface area (Å²) in [5.41, 5.74) is 1.29. The van der Waals surface area contributed by atoms with E-state index in [9.17, 15) is 9.90 Å². The minimum absolute atomic E-state index is 0.0473. The van der Waals surface area contributed by atoms with Crippen molar-refractivity contribution in [3.8, 4) is 0 Å². The van der Waals surface area contributed by atoms with Gasteiger partial charge in [0.25, 0.3) is 5.91 Å². The Hall–Kier alpha value is -1.52. The molecule has 0 unspecified atom stereocenters. The molecule has 1 aromatic rings. The third kappa shape index (κ3) is 5.99. The molecule has 1 amide bonds. The number of carbonyl (C=O) groups excluding carboxylic acids is 1. The van der Waals surface area contributed by atoms with Crippen LogP contribution < -0.4 is 10.6 Å². The Labute approximate surface area is 180 Å². The topological polar surface area (TPSA) is 56.3 Å². The molecular weight excluding hydrogens is 384 g/mol. The summed E-state index contributed by atoms with van der Waals surface area (Å²) in [6.45, 7) is 11.7. The van der Waals surface area contributed by atoms with Gasteiger partial charge in [-0.05, 0) is 75.7 Å². The van der Waals surface area contributed by atoms with Gasteiger partial charge in [-0.15, -0.1) is 0 Å². The molecule has 0 spiro atoms. The molecule has 2 N–H and O–H groups in total. The van der Waals surface area contributed by atoms with Crippen LogP contribution in [-0.2, 0) is 0 Å². The number of halogens is 1. The van der Waals surface area contributed by atoms with E-state index in [1.165, 1.54) is 5.57 Å². The van der Waals surface area contributed by atoms with Crippen molar-refractivity contribution in [1.82, 2.24) is 9.88 Å². The average molecular weight is 421 g/mol. The van der Waals surface area contributed by atoms with Gasteiger partial charge in [-0.3, -0.25) is 4.79 Å². The Bertz CT molecular complexity index is 841. The molecular formula is C24H37ClN2O2. The van der Waals surface area contributed by atoms with E-state index < -0.39 is 5.60 Å². The number of hydrogen-bond donors (Lipinski definition) is 2. The lowest BCUT2D eigenvalue weighted by molar-refractivity contribution is -0.00132. The molecule has 29 heavy (non-hydrogen) atoms. The van der Waals surface area contributed by atoms with Crippen molar-refractivity contribution in [3.05, 3.63) is 33.4 Å². The predicted molar refractivity (Wildman–Crippen MR) is 122 cm³/mol. The van der Waals surface area contributed by atoms with Crippen molar-refractivity contribution in [2.75, 3.05) is 13.1 Å². The standard InChI is InChI=1S/C24H37ClN2O2/c1-6-17(5)20-15-22(26-21(20)14-19(25)7-2)23(28)27-12-10-18(11-13-27)16-24(29,8-3)9-4/h7,14-15,18,26,29H,6,8-13,16H2,1-5H3/b19-7+,20-17?,21-14+. The van der Waals surface area contributed by atoms with Gasteiger partial charge >= 0.3 is 0 Å². The number of nitrogens with one attached hydrogen (secondary N) is 1. The second kappa shape index (κ2) is 10.5. The molecule has 162 valence electrons. The number of amides is 1. The van der Waals surface area contributed by atoms with Gasteiger partial charge in [-0.25, -0.2) is 0 Å². The molecule has 0 aromatic carbocycles. The Balaban J connectivity index is 2.17. The fraction of sp³-hybridized carbons (Fsp3) is 0.625. The minimum atomic E-state index is -0.560. The first-order valence-electron chi connectivity index (χ1n) is 11.0. The van der Waals surface area contributed by atoms with Crippen LogP contribution in [0.5, 0.6) is 0 Å². The van der Waals surface area contributed by atoms with Crippen LogP contribution in [0.2, 0.25) is 0 Å². The molecule has 0 atom stereocenters. The van der Waals surface area contributed by atoms with E-state index in [1.807, 2.05) is 30.0 Å². The van der Waals surface area contributed by atoms with E-state index in [2.05, 4.69) is 32.7 Å². The fourth-order valence-corrected chi connectivity index (χ4v) is 4.16. The highest BCUT2D eigenvalue weighted by atomic mass is 35.5.